The third kappa shape index (κ3) is 12.1. The van der Waals surface area contributed by atoms with Crippen molar-refractivity contribution in [1.29, 1.82) is 0 Å². The molecule has 1 atom stereocenters. The number of nitrogens with zero attached hydrogens (tertiary/aromatic N) is 1. The molecular formula is C20H37IN4O2. The van der Waals surface area contributed by atoms with E-state index in [-0.39, 0.29) is 30.6 Å². The van der Waals surface area contributed by atoms with Crippen LogP contribution in [0.3, 0.4) is 0 Å². The largest absolute Gasteiger partial charge is 0.396 e. The number of halogens is 1. The molecule has 1 aromatic rings. The Morgan fingerprint density at radius 1 is 1.15 bits per heavy atom. The monoisotopic (exact) mass is 492 g/mol. The van der Waals surface area contributed by atoms with E-state index in [0.29, 0.717) is 19.1 Å². The lowest BCUT2D eigenvalue weighted by molar-refractivity contribution is 0.211. The number of guanidine groups is 1. The third-order valence-electron chi connectivity index (χ3n) is 4.15. The van der Waals surface area contributed by atoms with Crippen LogP contribution in [-0.2, 0) is 11.3 Å². The van der Waals surface area contributed by atoms with Gasteiger partial charge < -0.3 is 25.8 Å². The van der Waals surface area contributed by atoms with Crippen LogP contribution in [-0.4, -0.2) is 51.0 Å². The zero-order valence-electron chi connectivity index (χ0n) is 17.0. The highest BCUT2D eigenvalue weighted by atomic mass is 127. The molecule has 0 bridgehead atoms. The molecule has 1 aromatic carbocycles. The van der Waals surface area contributed by atoms with Crippen molar-refractivity contribution in [2.75, 3.05) is 45.3 Å². The summed E-state index contributed by atoms with van der Waals surface area (Å²) in [4.78, 5) is 4.67. The number of aliphatic hydroxyl groups is 1. The zero-order valence-corrected chi connectivity index (χ0v) is 19.3. The quantitative estimate of drug-likeness (QED) is 0.147. The standard InChI is InChI=1S/C20H36N4O2.HI/c1-4-6-17(11-13-25)15-23-20(21-5-2)24-16-18-7-9-19(10-8-18)22-12-14-26-3;/h7-10,17,22,25H,4-6,11-16H2,1-3H3,(H2,21,23,24);1H. The predicted octanol–water partition coefficient (Wildman–Crippen LogP) is 3.22. The summed E-state index contributed by atoms with van der Waals surface area (Å²) in [6.07, 6.45) is 3.08. The summed E-state index contributed by atoms with van der Waals surface area (Å²) in [5.74, 6) is 1.31. The van der Waals surface area contributed by atoms with Gasteiger partial charge in [-0.15, -0.1) is 24.0 Å². The molecule has 0 saturated carbocycles. The van der Waals surface area contributed by atoms with Crippen LogP contribution in [0.2, 0.25) is 0 Å². The fourth-order valence-electron chi connectivity index (χ4n) is 2.72. The molecule has 0 aliphatic heterocycles. The minimum Gasteiger partial charge on any atom is -0.396 e. The molecule has 156 valence electrons. The van der Waals surface area contributed by atoms with E-state index in [2.05, 4.69) is 59.1 Å². The van der Waals surface area contributed by atoms with E-state index < -0.39 is 0 Å². The second kappa shape index (κ2) is 17.1. The van der Waals surface area contributed by atoms with Gasteiger partial charge in [0.25, 0.3) is 0 Å². The first-order chi connectivity index (χ1) is 12.7. The first-order valence-electron chi connectivity index (χ1n) is 9.68. The van der Waals surface area contributed by atoms with Gasteiger partial charge in [0.1, 0.15) is 0 Å². The van der Waals surface area contributed by atoms with Gasteiger partial charge in [0, 0.05) is 39.0 Å². The fourth-order valence-corrected chi connectivity index (χ4v) is 2.72. The Morgan fingerprint density at radius 3 is 2.48 bits per heavy atom. The van der Waals surface area contributed by atoms with Crippen molar-refractivity contribution >= 4 is 35.6 Å². The number of aliphatic hydroxyl groups excluding tert-OH is 1. The second-order valence-electron chi connectivity index (χ2n) is 6.36. The highest BCUT2D eigenvalue weighted by Crippen LogP contribution is 2.11. The zero-order chi connectivity index (χ0) is 19.0. The molecule has 0 saturated heterocycles. The van der Waals surface area contributed by atoms with Crippen molar-refractivity contribution < 1.29 is 9.84 Å². The average Bonchev–Trinajstić information content (AvgIpc) is 2.65. The number of methoxy groups -OCH3 is 1. The Balaban J connectivity index is 0.00000676. The van der Waals surface area contributed by atoms with E-state index in [1.807, 2.05) is 0 Å². The number of anilines is 1. The van der Waals surface area contributed by atoms with Crippen LogP contribution in [0.4, 0.5) is 5.69 Å². The number of hydrogen-bond acceptors (Lipinski definition) is 4. The Morgan fingerprint density at radius 2 is 1.89 bits per heavy atom. The summed E-state index contributed by atoms with van der Waals surface area (Å²) >= 11 is 0. The van der Waals surface area contributed by atoms with E-state index in [4.69, 9.17) is 4.74 Å². The van der Waals surface area contributed by atoms with Crippen molar-refractivity contribution in [2.24, 2.45) is 10.9 Å². The number of hydrogen-bond donors (Lipinski definition) is 4. The number of benzene rings is 1. The lowest BCUT2D eigenvalue weighted by Gasteiger charge is -2.18. The molecule has 0 aliphatic carbocycles. The van der Waals surface area contributed by atoms with Gasteiger partial charge in [-0.3, -0.25) is 0 Å². The smallest absolute Gasteiger partial charge is 0.191 e. The van der Waals surface area contributed by atoms with Gasteiger partial charge in [-0.2, -0.15) is 0 Å². The summed E-state index contributed by atoms with van der Waals surface area (Å²) in [6.45, 7) is 8.27. The van der Waals surface area contributed by atoms with Gasteiger partial charge in [0.15, 0.2) is 5.96 Å². The van der Waals surface area contributed by atoms with Crippen LogP contribution in [0.1, 0.15) is 38.7 Å². The van der Waals surface area contributed by atoms with Gasteiger partial charge in [-0.1, -0.05) is 25.5 Å². The molecule has 0 heterocycles. The molecule has 7 heteroatoms. The van der Waals surface area contributed by atoms with Gasteiger partial charge >= 0.3 is 0 Å². The van der Waals surface area contributed by atoms with Crippen molar-refractivity contribution in [1.82, 2.24) is 10.6 Å². The normalized spacial score (nSPS) is 12.2. The summed E-state index contributed by atoms with van der Waals surface area (Å²) in [5, 5.41) is 19.2. The summed E-state index contributed by atoms with van der Waals surface area (Å²) < 4.78 is 5.04. The van der Waals surface area contributed by atoms with Crippen molar-refractivity contribution in [3.05, 3.63) is 29.8 Å². The first-order valence-corrected chi connectivity index (χ1v) is 9.68. The topological polar surface area (TPSA) is 77.9 Å². The minimum absolute atomic E-state index is 0. The van der Waals surface area contributed by atoms with Crippen LogP contribution in [0.5, 0.6) is 0 Å². The van der Waals surface area contributed by atoms with Crippen molar-refractivity contribution in [2.45, 2.75) is 39.7 Å². The molecule has 0 amide bonds. The van der Waals surface area contributed by atoms with Crippen molar-refractivity contribution in [3.8, 4) is 0 Å². The highest BCUT2D eigenvalue weighted by molar-refractivity contribution is 14.0. The maximum Gasteiger partial charge on any atom is 0.191 e. The van der Waals surface area contributed by atoms with Gasteiger partial charge in [0.2, 0.25) is 0 Å². The van der Waals surface area contributed by atoms with Crippen LogP contribution in [0, 0.1) is 5.92 Å². The number of aliphatic imine (C=N–C) groups is 1. The van der Waals surface area contributed by atoms with Crippen LogP contribution < -0.4 is 16.0 Å². The number of nitrogens with one attached hydrogen (secondary N) is 3. The van der Waals surface area contributed by atoms with Crippen LogP contribution in [0.25, 0.3) is 0 Å². The molecule has 1 rings (SSSR count). The molecular weight excluding hydrogens is 455 g/mol. The van der Waals surface area contributed by atoms with E-state index in [1.54, 1.807) is 7.11 Å². The summed E-state index contributed by atoms with van der Waals surface area (Å²) in [5.41, 5.74) is 2.26. The molecule has 0 aromatic heterocycles. The van der Waals surface area contributed by atoms with Crippen LogP contribution in [0.15, 0.2) is 29.3 Å². The summed E-state index contributed by atoms with van der Waals surface area (Å²) in [6, 6.07) is 8.32. The van der Waals surface area contributed by atoms with Crippen LogP contribution >= 0.6 is 24.0 Å². The second-order valence-corrected chi connectivity index (χ2v) is 6.36. The Kier molecular flexibility index (Phi) is 16.4. The molecule has 0 aliphatic rings. The van der Waals surface area contributed by atoms with E-state index >= 15 is 0 Å². The first kappa shape index (κ1) is 25.9. The predicted molar refractivity (Wildman–Crippen MR) is 125 cm³/mol. The van der Waals surface area contributed by atoms with E-state index in [0.717, 1.165) is 50.5 Å². The van der Waals surface area contributed by atoms with E-state index in [1.165, 1.54) is 5.56 Å². The molecule has 0 spiro atoms. The molecule has 0 radical (unpaired) electrons. The molecule has 6 nitrogen and oxygen atoms in total. The maximum atomic E-state index is 9.19. The Labute approximate surface area is 181 Å². The molecule has 4 N–H and O–H groups in total. The van der Waals surface area contributed by atoms with Gasteiger partial charge in [0.05, 0.1) is 13.2 Å². The lowest BCUT2D eigenvalue weighted by atomic mass is 10.0. The van der Waals surface area contributed by atoms with Crippen molar-refractivity contribution in [3.63, 3.8) is 0 Å². The highest BCUT2D eigenvalue weighted by Gasteiger charge is 2.08. The SMILES string of the molecule is CCCC(CCO)CNC(=NCc1ccc(NCCOC)cc1)NCC.I. The number of ether oxygens (including phenoxy) is 1. The van der Waals surface area contributed by atoms with Gasteiger partial charge in [-0.05, 0) is 43.4 Å². The number of rotatable bonds is 13. The Bertz CT molecular complexity index is 491. The average molecular weight is 492 g/mol. The summed E-state index contributed by atoms with van der Waals surface area (Å²) in [7, 11) is 1.70. The molecule has 27 heavy (non-hydrogen) atoms. The minimum atomic E-state index is 0. The third-order valence-corrected chi connectivity index (χ3v) is 4.15. The lowest BCUT2D eigenvalue weighted by Crippen LogP contribution is -2.40. The molecule has 0 fully saturated rings. The Hall–Kier alpha value is -1.06. The van der Waals surface area contributed by atoms with E-state index in [9.17, 15) is 5.11 Å². The van der Waals surface area contributed by atoms with Gasteiger partial charge in [-0.25, -0.2) is 4.99 Å². The fraction of sp³-hybridized carbons (Fsp3) is 0.650. The maximum absolute atomic E-state index is 9.19. The molecule has 1 unspecified atom stereocenters.